The summed E-state index contributed by atoms with van der Waals surface area (Å²) in [5.74, 6) is 0. The minimum atomic E-state index is 0.388. The molecule has 0 spiro atoms. The van der Waals surface area contributed by atoms with Gasteiger partial charge in [0, 0.05) is 11.8 Å². The van der Waals surface area contributed by atoms with E-state index in [1.807, 2.05) is 0 Å². The third-order valence-corrected chi connectivity index (χ3v) is 2.01. The van der Waals surface area contributed by atoms with Gasteiger partial charge in [-0.15, -0.1) is 0 Å². The molecule has 0 atom stereocenters. The van der Waals surface area contributed by atoms with Gasteiger partial charge in [0.15, 0.2) is 0 Å². The van der Waals surface area contributed by atoms with Gasteiger partial charge in [0.2, 0.25) is 0 Å². The van der Waals surface area contributed by atoms with Gasteiger partial charge in [0.1, 0.15) is 0 Å². The Hall–Kier alpha value is -0.110. The van der Waals surface area contributed by atoms with E-state index in [-0.39, 0.29) is 0 Å². The van der Waals surface area contributed by atoms with E-state index in [1.54, 1.807) is 18.2 Å². The minimum Gasteiger partial charge on any atom is -0.176 e. The second-order valence-electron chi connectivity index (χ2n) is 1.66. The first kappa shape index (κ1) is 7.99. The third kappa shape index (κ3) is 1.48. The van der Waals surface area contributed by atoms with E-state index in [9.17, 15) is 0 Å². The van der Waals surface area contributed by atoms with Crippen LogP contribution in [0.3, 0.4) is 0 Å². The molecule has 0 saturated heterocycles. The number of hydrogen-bond acceptors (Lipinski definition) is 0. The highest BCUT2D eigenvalue weighted by molar-refractivity contribution is 6.43. The summed E-state index contributed by atoms with van der Waals surface area (Å²) in [6.45, 7) is 0. The van der Waals surface area contributed by atoms with Gasteiger partial charge in [-0.2, -0.15) is 4.84 Å². The Kier molecular flexibility index (Phi) is 2.66. The SMILES string of the molecule is Cl[N]c1cccc(Cl)c1Cl. The van der Waals surface area contributed by atoms with Crippen molar-refractivity contribution in [2.75, 3.05) is 0 Å². The fourth-order valence-corrected chi connectivity index (χ4v) is 1.08. The molecule has 0 bridgehead atoms. The Morgan fingerprint density at radius 2 is 1.90 bits per heavy atom. The van der Waals surface area contributed by atoms with Gasteiger partial charge >= 0.3 is 0 Å². The van der Waals surface area contributed by atoms with Crippen molar-refractivity contribution in [3.63, 3.8) is 0 Å². The molecule has 0 aliphatic carbocycles. The molecule has 0 N–H and O–H groups in total. The van der Waals surface area contributed by atoms with Crippen LogP contribution in [0, 0.1) is 0 Å². The molecule has 0 fully saturated rings. The fourth-order valence-electron chi connectivity index (χ4n) is 0.558. The second-order valence-corrected chi connectivity index (χ2v) is 2.61. The molecule has 0 heterocycles. The summed E-state index contributed by atoms with van der Waals surface area (Å²) in [4.78, 5) is 3.39. The Labute approximate surface area is 74.0 Å². The van der Waals surface area contributed by atoms with Crippen LogP contribution in [-0.4, -0.2) is 0 Å². The largest absolute Gasteiger partial charge is 0.176 e. The molecule has 0 aliphatic heterocycles. The van der Waals surface area contributed by atoms with Crippen LogP contribution in [0.2, 0.25) is 10.0 Å². The van der Waals surface area contributed by atoms with E-state index >= 15 is 0 Å². The predicted molar refractivity (Wildman–Crippen MR) is 44.1 cm³/mol. The first-order valence-electron chi connectivity index (χ1n) is 2.51. The highest BCUT2D eigenvalue weighted by Gasteiger charge is 2.02. The van der Waals surface area contributed by atoms with Crippen LogP contribution in [0.15, 0.2) is 18.2 Å². The number of hydrogen-bond donors (Lipinski definition) is 0. The molecule has 1 aromatic carbocycles. The maximum Gasteiger partial charge on any atom is 0.0978 e. The Bertz CT molecular complexity index is 236. The summed E-state index contributed by atoms with van der Waals surface area (Å²) in [7, 11) is 0. The quantitative estimate of drug-likeness (QED) is 0.652. The summed E-state index contributed by atoms with van der Waals surface area (Å²) in [6.07, 6.45) is 0. The zero-order chi connectivity index (χ0) is 7.56. The molecule has 1 nitrogen and oxygen atoms in total. The van der Waals surface area contributed by atoms with Crippen LogP contribution in [-0.2, 0) is 0 Å². The summed E-state index contributed by atoms with van der Waals surface area (Å²) >= 11 is 16.5. The van der Waals surface area contributed by atoms with Gasteiger partial charge in [-0.1, -0.05) is 29.3 Å². The first-order chi connectivity index (χ1) is 4.75. The molecule has 1 radical (unpaired) electrons. The van der Waals surface area contributed by atoms with Crippen molar-refractivity contribution in [3.8, 4) is 0 Å². The standard InChI is InChI=1S/C6H3Cl3N/c7-4-2-1-3-5(10-9)6(4)8/h1-3H. The Morgan fingerprint density at radius 3 is 2.40 bits per heavy atom. The lowest BCUT2D eigenvalue weighted by Gasteiger charge is -1.98. The van der Waals surface area contributed by atoms with Crippen LogP contribution in [0.25, 0.3) is 0 Å². The lowest BCUT2D eigenvalue weighted by molar-refractivity contribution is 1.36. The summed E-state index contributed by atoms with van der Waals surface area (Å²) < 4.78 is 0. The Morgan fingerprint density at radius 1 is 1.20 bits per heavy atom. The van der Waals surface area contributed by atoms with Crippen molar-refractivity contribution in [2.24, 2.45) is 0 Å². The molecule has 0 saturated carbocycles. The van der Waals surface area contributed by atoms with Gasteiger partial charge in [-0.3, -0.25) is 0 Å². The molecule has 4 heteroatoms. The monoisotopic (exact) mass is 194 g/mol. The zero-order valence-corrected chi connectivity index (χ0v) is 7.08. The normalized spacial score (nSPS) is 9.50. The molecule has 0 aliphatic rings. The lowest BCUT2D eigenvalue weighted by atomic mass is 10.3. The minimum absolute atomic E-state index is 0.388. The summed E-state index contributed by atoms with van der Waals surface area (Å²) in [5, 5.41) is 0.850. The van der Waals surface area contributed by atoms with Crippen molar-refractivity contribution < 1.29 is 0 Å². The first-order valence-corrected chi connectivity index (χ1v) is 3.61. The van der Waals surface area contributed by atoms with Gasteiger partial charge in [0.25, 0.3) is 0 Å². The van der Waals surface area contributed by atoms with Gasteiger partial charge in [-0.05, 0) is 12.1 Å². The van der Waals surface area contributed by atoms with Crippen LogP contribution in [0.4, 0.5) is 5.69 Å². The molecule has 1 rings (SSSR count). The van der Waals surface area contributed by atoms with Crippen LogP contribution < -0.4 is 4.84 Å². The van der Waals surface area contributed by atoms with Gasteiger partial charge in [-0.25, -0.2) is 0 Å². The summed E-state index contributed by atoms with van der Waals surface area (Å²) in [5.41, 5.74) is 0.496. The molecular weight excluding hydrogens is 192 g/mol. The zero-order valence-electron chi connectivity index (χ0n) is 4.81. The number of benzene rings is 1. The van der Waals surface area contributed by atoms with Crippen LogP contribution in [0.5, 0.6) is 0 Å². The van der Waals surface area contributed by atoms with Gasteiger partial charge < -0.3 is 0 Å². The predicted octanol–water partition coefficient (Wildman–Crippen LogP) is 3.38. The molecule has 0 unspecified atom stereocenters. The van der Waals surface area contributed by atoms with E-state index in [4.69, 9.17) is 35.0 Å². The average Bonchev–Trinajstić information content (AvgIpc) is 1.95. The number of nitrogens with zero attached hydrogens (tertiary/aromatic N) is 1. The average molecular weight is 195 g/mol. The van der Waals surface area contributed by atoms with Crippen molar-refractivity contribution in [1.29, 1.82) is 0 Å². The maximum atomic E-state index is 5.68. The molecule has 53 valence electrons. The fraction of sp³-hybridized carbons (Fsp3) is 0. The van der Waals surface area contributed by atoms with Gasteiger partial charge in [0.05, 0.1) is 15.7 Å². The molecule has 10 heavy (non-hydrogen) atoms. The van der Waals surface area contributed by atoms with Crippen molar-refractivity contribution >= 4 is 40.7 Å². The summed E-state index contributed by atoms with van der Waals surface area (Å²) in [6, 6.07) is 5.09. The second kappa shape index (κ2) is 3.33. The van der Waals surface area contributed by atoms with Crippen LogP contribution in [0.1, 0.15) is 0 Å². The third-order valence-electron chi connectivity index (χ3n) is 1.02. The topological polar surface area (TPSA) is 14.1 Å². The van der Waals surface area contributed by atoms with E-state index in [0.717, 1.165) is 0 Å². The lowest BCUT2D eigenvalue weighted by Crippen LogP contribution is -1.79. The Balaban J connectivity index is 3.14. The van der Waals surface area contributed by atoms with Crippen LogP contribution >= 0.6 is 35.0 Å². The van der Waals surface area contributed by atoms with E-state index in [1.165, 1.54) is 0 Å². The maximum absolute atomic E-state index is 5.68. The molecule has 1 aromatic rings. The smallest absolute Gasteiger partial charge is 0.0978 e. The molecule has 0 amide bonds. The number of rotatable bonds is 1. The molecular formula is C6H3Cl3N. The van der Waals surface area contributed by atoms with Crippen molar-refractivity contribution in [2.45, 2.75) is 0 Å². The van der Waals surface area contributed by atoms with E-state index in [0.29, 0.717) is 15.7 Å². The van der Waals surface area contributed by atoms with Crippen molar-refractivity contribution in [3.05, 3.63) is 28.2 Å². The van der Waals surface area contributed by atoms with E-state index in [2.05, 4.69) is 4.84 Å². The van der Waals surface area contributed by atoms with Crippen molar-refractivity contribution in [1.82, 2.24) is 4.84 Å². The number of halogens is 3. The highest BCUT2D eigenvalue weighted by atomic mass is 35.5. The highest BCUT2D eigenvalue weighted by Crippen LogP contribution is 2.29. The van der Waals surface area contributed by atoms with E-state index < -0.39 is 0 Å². The molecule has 0 aromatic heterocycles.